The average Bonchev–Trinajstić information content (AvgIpc) is 3.10. The van der Waals surface area contributed by atoms with Gasteiger partial charge in [0.1, 0.15) is 24.3 Å². The van der Waals surface area contributed by atoms with E-state index in [9.17, 15) is 14.4 Å². The molecule has 1 aromatic rings. The quantitative estimate of drug-likeness (QED) is 0.718. The molecular formula is C24H34N2O5. The number of nitrogens with one attached hydrogen (secondary N) is 1. The standard InChI is InChI=1S/C24H34N2O5/c1-16(25-23(29)31-24(2,3)4)21(27)26-19-13-9-8-12-18(19)14-20(26)22(28)30-15-17-10-6-5-7-11-17/h5-7,10-11,16,18-20H,8-9,12-15H2,1-4H3,(H,25,29)/t16-,18-,19-,20-/m0/s1. The fraction of sp³-hybridized carbons (Fsp3) is 0.625. The van der Waals surface area contributed by atoms with Gasteiger partial charge in [-0.05, 0) is 58.4 Å². The number of amides is 2. The van der Waals surface area contributed by atoms with Crippen molar-refractivity contribution >= 4 is 18.0 Å². The Morgan fingerprint density at radius 3 is 2.48 bits per heavy atom. The highest BCUT2D eigenvalue weighted by Gasteiger charge is 2.49. The lowest BCUT2D eigenvalue weighted by Gasteiger charge is -2.35. The first kappa shape index (κ1) is 23.1. The molecule has 1 saturated carbocycles. The molecular weight excluding hydrogens is 396 g/mol. The Balaban J connectivity index is 1.69. The maximum absolute atomic E-state index is 13.3. The van der Waals surface area contributed by atoms with E-state index in [2.05, 4.69) is 5.32 Å². The number of esters is 1. The zero-order valence-electron chi connectivity index (χ0n) is 18.9. The number of hydrogen-bond donors (Lipinski definition) is 1. The Kier molecular flexibility index (Phi) is 7.23. The van der Waals surface area contributed by atoms with Gasteiger partial charge in [-0.2, -0.15) is 0 Å². The predicted octanol–water partition coefficient (Wildman–Crippen LogP) is 3.80. The molecule has 1 heterocycles. The summed E-state index contributed by atoms with van der Waals surface area (Å²) in [5.74, 6) is -0.348. The van der Waals surface area contributed by atoms with E-state index in [4.69, 9.17) is 9.47 Å². The third kappa shape index (κ3) is 5.99. The number of carbonyl (C=O) groups excluding carboxylic acids is 3. The number of carbonyl (C=O) groups is 3. The smallest absolute Gasteiger partial charge is 0.408 e. The highest BCUT2D eigenvalue weighted by Crippen LogP contribution is 2.40. The van der Waals surface area contributed by atoms with Crippen LogP contribution in [0.3, 0.4) is 0 Å². The molecule has 7 nitrogen and oxygen atoms in total. The Labute approximate surface area is 184 Å². The number of benzene rings is 1. The third-order valence-corrected chi connectivity index (χ3v) is 5.94. The molecule has 0 radical (unpaired) electrons. The Morgan fingerprint density at radius 2 is 1.81 bits per heavy atom. The summed E-state index contributed by atoms with van der Waals surface area (Å²) in [6, 6.07) is 8.10. The first-order valence-corrected chi connectivity index (χ1v) is 11.2. The van der Waals surface area contributed by atoms with Gasteiger partial charge in [0.2, 0.25) is 5.91 Å². The van der Waals surface area contributed by atoms with Crippen molar-refractivity contribution in [3.05, 3.63) is 35.9 Å². The number of ether oxygens (including phenoxy) is 2. The second kappa shape index (κ2) is 9.71. The molecule has 31 heavy (non-hydrogen) atoms. The number of nitrogens with zero attached hydrogens (tertiary/aromatic N) is 1. The lowest BCUT2D eigenvalue weighted by atomic mass is 9.84. The zero-order chi connectivity index (χ0) is 22.6. The molecule has 0 unspecified atom stereocenters. The van der Waals surface area contributed by atoms with Gasteiger partial charge in [-0.25, -0.2) is 9.59 Å². The second-order valence-electron chi connectivity index (χ2n) is 9.57. The van der Waals surface area contributed by atoms with Crippen LogP contribution in [0.5, 0.6) is 0 Å². The van der Waals surface area contributed by atoms with Gasteiger partial charge >= 0.3 is 12.1 Å². The summed E-state index contributed by atoms with van der Waals surface area (Å²) < 4.78 is 10.9. The Bertz CT molecular complexity index is 789. The molecule has 4 atom stereocenters. The van der Waals surface area contributed by atoms with Crippen LogP contribution in [0.15, 0.2) is 30.3 Å². The van der Waals surface area contributed by atoms with Gasteiger partial charge in [-0.15, -0.1) is 0 Å². The maximum atomic E-state index is 13.3. The molecule has 1 aromatic carbocycles. The average molecular weight is 431 g/mol. The molecule has 1 aliphatic carbocycles. The topological polar surface area (TPSA) is 84.9 Å². The highest BCUT2D eigenvalue weighted by molar-refractivity contribution is 5.90. The monoisotopic (exact) mass is 430 g/mol. The fourth-order valence-corrected chi connectivity index (χ4v) is 4.58. The van der Waals surface area contributed by atoms with Crippen molar-refractivity contribution in [3.8, 4) is 0 Å². The number of alkyl carbamates (subject to hydrolysis) is 1. The summed E-state index contributed by atoms with van der Waals surface area (Å²) in [6.45, 7) is 7.12. The van der Waals surface area contributed by atoms with Gasteiger partial charge in [0.25, 0.3) is 0 Å². The minimum Gasteiger partial charge on any atom is -0.459 e. The van der Waals surface area contributed by atoms with Crippen molar-refractivity contribution in [1.29, 1.82) is 0 Å². The second-order valence-corrected chi connectivity index (χ2v) is 9.57. The third-order valence-electron chi connectivity index (χ3n) is 5.94. The van der Waals surface area contributed by atoms with E-state index in [1.54, 1.807) is 32.6 Å². The number of fused-ring (bicyclic) bond motifs is 1. The van der Waals surface area contributed by atoms with Gasteiger partial charge in [-0.3, -0.25) is 4.79 Å². The Morgan fingerprint density at radius 1 is 1.13 bits per heavy atom. The predicted molar refractivity (Wildman–Crippen MR) is 116 cm³/mol. The molecule has 7 heteroatoms. The molecule has 2 fully saturated rings. The first-order chi connectivity index (χ1) is 14.7. The summed E-state index contributed by atoms with van der Waals surface area (Å²) in [7, 11) is 0. The first-order valence-electron chi connectivity index (χ1n) is 11.2. The van der Waals surface area contributed by atoms with Crippen molar-refractivity contribution in [1.82, 2.24) is 10.2 Å². The van der Waals surface area contributed by atoms with Gasteiger partial charge < -0.3 is 19.7 Å². The normalized spacial score (nSPS) is 24.1. The van der Waals surface area contributed by atoms with E-state index in [1.807, 2.05) is 30.3 Å². The van der Waals surface area contributed by atoms with E-state index < -0.39 is 23.8 Å². The van der Waals surface area contributed by atoms with Crippen molar-refractivity contribution < 1.29 is 23.9 Å². The molecule has 3 rings (SSSR count). The molecule has 0 aromatic heterocycles. The van der Waals surface area contributed by atoms with Crippen LogP contribution in [-0.2, 0) is 25.7 Å². The number of rotatable bonds is 5. The lowest BCUT2D eigenvalue weighted by Crippen LogP contribution is -2.54. The molecule has 1 N–H and O–H groups in total. The van der Waals surface area contributed by atoms with Gasteiger partial charge in [0.15, 0.2) is 0 Å². The van der Waals surface area contributed by atoms with Crippen molar-refractivity contribution in [2.24, 2.45) is 5.92 Å². The van der Waals surface area contributed by atoms with Crippen LogP contribution < -0.4 is 5.32 Å². The van der Waals surface area contributed by atoms with E-state index in [0.717, 1.165) is 31.2 Å². The molecule has 170 valence electrons. The molecule has 0 bridgehead atoms. The van der Waals surface area contributed by atoms with Crippen molar-refractivity contribution in [3.63, 3.8) is 0 Å². The zero-order valence-corrected chi connectivity index (χ0v) is 18.9. The van der Waals surface area contributed by atoms with Crippen molar-refractivity contribution in [2.75, 3.05) is 0 Å². The summed E-state index contributed by atoms with van der Waals surface area (Å²) in [4.78, 5) is 40.1. The van der Waals surface area contributed by atoms with E-state index >= 15 is 0 Å². The molecule has 2 aliphatic rings. The summed E-state index contributed by atoms with van der Waals surface area (Å²) >= 11 is 0. The molecule has 2 amide bonds. The van der Waals surface area contributed by atoms with Gasteiger partial charge in [0, 0.05) is 6.04 Å². The highest BCUT2D eigenvalue weighted by atomic mass is 16.6. The Hall–Kier alpha value is -2.57. The van der Waals surface area contributed by atoms with E-state index in [0.29, 0.717) is 12.3 Å². The summed E-state index contributed by atoms with van der Waals surface area (Å²) in [5.41, 5.74) is 0.253. The van der Waals surface area contributed by atoms with Crippen LogP contribution in [0.1, 0.15) is 65.4 Å². The van der Waals surface area contributed by atoms with Crippen molar-refractivity contribution in [2.45, 2.75) is 90.1 Å². The molecule has 0 spiro atoms. The molecule has 1 saturated heterocycles. The maximum Gasteiger partial charge on any atom is 0.408 e. The van der Waals surface area contributed by atoms with Gasteiger partial charge in [0.05, 0.1) is 0 Å². The van der Waals surface area contributed by atoms with Crippen LogP contribution in [0.25, 0.3) is 0 Å². The molecule has 1 aliphatic heterocycles. The van der Waals surface area contributed by atoms with Crippen LogP contribution in [0.4, 0.5) is 4.79 Å². The minimum absolute atomic E-state index is 0.0124. The lowest BCUT2D eigenvalue weighted by molar-refractivity contribution is -0.156. The number of hydrogen-bond acceptors (Lipinski definition) is 5. The van der Waals surface area contributed by atoms with E-state index in [1.165, 1.54) is 0 Å². The number of likely N-dealkylation sites (tertiary alicyclic amines) is 1. The summed E-state index contributed by atoms with van der Waals surface area (Å²) in [5, 5.41) is 2.62. The van der Waals surface area contributed by atoms with E-state index in [-0.39, 0.29) is 24.5 Å². The van der Waals surface area contributed by atoms with Crippen LogP contribution in [-0.4, -0.2) is 46.6 Å². The largest absolute Gasteiger partial charge is 0.459 e. The van der Waals surface area contributed by atoms with Crippen LogP contribution in [0.2, 0.25) is 0 Å². The minimum atomic E-state index is -0.792. The van der Waals surface area contributed by atoms with Crippen LogP contribution in [0, 0.1) is 5.92 Å². The SMILES string of the molecule is C[C@H](NC(=O)OC(C)(C)C)C(=O)N1[C@H](C(=O)OCc2ccccc2)C[C@@H]2CCCC[C@@H]21. The van der Waals surface area contributed by atoms with Crippen LogP contribution >= 0.6 is 0 Å². The fourth-order valence-electron chi connectivity index (χ4n) is 4.58. The summed E-state index contributed by atoms with van der Waals surface area (Å²) in [6.07, 6.45) is 3.99. The van der Waals surface area contributed by atoms with Gasteiger partial charge in [-0.1, -0.05) is 43.2 Å².